The summed E-state index contributed by atoms with van der Waals surface area (Å²) in [4.78, 5) is 12.4. The third-order valence-corrected chi connectivity index (χ3v) is 6.74. The molecule has 0 spiro atoms. The topological polar surface area (TPSA) is 34.9 Å². The summed E-state index contributed by atoms with van der Waals surface area (Å²) in [6.45, 7) is 4.00. The molecule has 18 heavy (non-hydrogen) atoms. The van der Waals surface area contributed by atoms with Crippen LogP contribution >= 0.6 is 35.1 Å². The number of ketones is 1. The maximum Gasteiger partial charge on any atom is 0.152 e. The van der Waals surface area contributed by atoms with E-state index in [1.165, 1.54) is 0 Å². The van der Waals surface area contributed by atoms with Gasteiger partial charge in [0.15, 0.2) is 5.78 Å². The van der Waals surface area contributed by atoms with E-state index in [2.05, 4.69) is 12.0 Å². The fraction of sp³-hybridized carbons (Fsp3) is 0.667. The van der Waals surface area contributed by atoms with E-state index in [9.17, 15) is 4.79 Å². The van der Waals surface area contributed by atoms with E-state index in [4.69, 9.17) is 11.6 Å². The molecule has 2 heterocycles. The van der Waals surface area contributed by atoms with Crippen LogP contribution in [0.25, 0.3) is 0 Å². The van der Waals surface area contributed by atoms with Gasteiger partial charge in [-0.2, -0.15) is 16.9 Å². The van der Waals surface area contributed by atoms with Gasteiger partial charge in [0.25, 0.3) is 0 Å². The van der Waals surface area contributed by atoms with Crippen molar-refractivity contribution in [3.8, 4) is 0 Å². The van der Waals surface area contributed by atoms with Crippen LogP contribution in [0.1, 0.15) is 18.3 Å². The molecule has 0 N–H and O–H groups in total. The average molecular weight is 305 g/mol. The Kier molecular flexibility index (Phi) is 4.67. The molecule has 0 amide bonds. The molecule has 1 aromatic heterocycles. The smallest absolute Gasteiger partial charge is 0.152 e. The first-order valence-electron chi connectivity index (χ1n) is 5.94. The van der Waals surface area contributed by atoms with Gasteiger partial charge in [-0.15, -0.1) is 11.8 Å². The van der Waals surface area contributed by atoms with Crippen LogP contribution in [-0.4, -0.2) is 37.6 Å². The lowest BCUT2D eigenvalue weighted by molar-refractivity contribution is -0.118. The summed E-state index contributed by atoms with van der Waals surface area (Å²) in [5, 5.41) is 5.37. The van der Waals surface area contributed by atoms with Gasteiger partial charge in [0.1, 0.15) is 0 Å². The SMILES string of the molecule is Cc1nn(C)c(CC(=O)C2SCCSC2C)c1Cl. The molecular formula is C12H17ClN2OS2. The molecule has 6 heteroatoms. The van der Waals surface area contributed by atoms with Gasteiger partial charge in [-0.25, -0.2) is 0 Å². The van der Waals surface area contributed by atoms with Crippen molar-refractivity contribution in [2.24, 2.45) is 7.05 Å². The van der Waals surface area contributed by atoms with E-state index in [0.29, 0.717) is 16.7 Å². The minimum absolute atomic E-state index is 0.0926. The minimum atomic E-state index is 0.0926. The lowest BCUT2D eigenvalue weighted by atomic mass is 10.1. The lowest BCUT2D eigenvalue weighted by Gasteiger charge is -2.26. The van der Waals surface area contributed by atoms with Crippen LogP contribution in [0, 0.1) is 6.92 Å². The molecule has 0 radical (unpaired) electrons. The maximum atomic E-state index is 12.4. The molecule has 0 aliphatic carbocycles. The van der Waals surface area contributed by atoms with Gasteiger partial charge < -0.3 is 0 Å². The van der Waals surface area contributed by atoms with Crippen molar-refractivity contribution < 1.29 is 4.79 Å². The molecule has 2 rings (SSSR count). The number of aryl methyl sites for hydroxylation is 2. The van der Waals surface area contributed by atoms with E-state index in [0.717, 1.165) is 22.9 Å². The van der Waals surface area contributed by atoms with Gasteiger partial charge in [0, 0.05) is 23.8 Å². The Hall–Kier alpha value is -0.130. The zero-order chi connectivity index (χ0) is 13.3. The number of rotatable bonds is 3. The molecule has 0 aromatic carbocycles. The van der Waals surface area contributed by atoms with Gasteiger partial charge in [-0.1, -0.05) is 18.5 Å². The molecule has 100 valence electrons. The van der Waals surface area contributed by atoms with Crippen LogP contribution in [0.15, 0.2) is 0 Å². The highest BCUT2D eigenvalue weighted by Gasteiger charge is 2.30. The first-order chi connectivity index (χ1) is 8.50. The van der Waals surface area contributed by atoms with E-state index in [1.54, 1.807) is 16.4 Å². The second-order valence-corrected chi connectivity index (χ2v) is 7.59. The van der Waals surface area contributed by atoms with Gasteiger partial charge in [-0.3, -0.25) is 9.48 Å². The van der Waals surface area contributed by atoms with Crippen LogP contribution in [0.3, 0.4) is 0 Å². The van der Waals surface area contributed by atoms with E-state index >= 15 is 0 Å². The predicted molar refractivity (Wildman–Crippen MR) is 79.8 cm³/mol. The second kappa shape index (κ2) is 5.88. The Bertz CT molecular complexity index is 461. The van der Waals surface area contributed by atoms with Gasteiger partial charge >= 0.3 is 0 Å². The quantitative estimate of drug-likeness (QED) is 0.860. The molecule has 0 saturated carbocycles. The monoisotopic (exact) mass is 304 g/mol. The first-order valence-corrected chi connectivity index (χ1v) is 8.42. The second-order valence-electron chi connectivity index (χ2n) is 4.48. The largest absolute Gasteiger partial charge is 0.298 e. The third kappa shape index (κ3) is 2.89. The summed E-state index contributed by atoms with van der Waals surface area (Å²) in [5.74, 6) is 2.47. The predicted octanol–water partition coefficient (Wildman–Crippen LogP) is 2.73. The number of nitrogens with zero attached hydrogens (tertiary/aromatic N) is 2. The number of hydrogen-bond acceptors (Lipinski definition) is 4. The van der Waals surface area contributed by atoms with Crippen molar-refractivity contribution in [3.05, 3.63) is 16.4 Å². The molecule has 0 bridgehead atoms. The van der Waals surface area contributed by atoms with Gasteiger partial charge in [0.05, 0.1) is 28.1 Å². The Morgan fingerprint density at radius 2 is 2.17 bits per heavy atom. The normalized spacial score (nSPS) is 24.2. The Morgan fingerprint density at radius 1 is 1.50 bits per heavy atom. The zero-order valence-electron chi connectivity index (χ0n) is 10.8. The van der Waals surface area contributed by atoms with Gasteiger partial charge in [-0.05, 0) is 6.92 Å². The number of Topliss-reactive ketones (excluding diaryl/α,β-unsaturated/α-hetero) is 1. The van der Waals surface area contributed by atoms with E-state index < -0.39 is 0 Å². The number of carbonyl (C=O) groups excluding carboxylic acids is 1. The number of halogens is 1. The fourth-order valence-electron chi connectivity index (χ4n) is 2.12. The Balaban J connectivity index is 2.11. The van der Waals surface area contributed by atoms with Crippen LogP contribution in [0.2, 0.25) is 5.02 Å². The zero-order valence-corrected chi connectivity index (χ0v) is 13.2. The Morgan fingerprint density at radius 3 is 2.72 bits per heavy atom. The third-order valence-electron chi connectivity index (χ3n) is 3.11. The highest BCUT2D eigenvalue weighted by molar-refractivity contribution is 8.07. The summed E-state index contributed by atoms with van der Waals surface area (Å²) in [6.07, 6.45) is 0.388. The van der Waals surface area contributed by atoms with Crippen LogP contribution in [0.5, 0.6) is 0 Å². The van der Waals surface area contributed by atoms with Crippen molar-refractivity contribution in [1.29, 1.82) is 0 Å². The molecule has 2 atom stereocenters. The first kappa shape index (κ1) is 14.3. The van der Waals surface area contributed by atoms with Crippen LogP contribution < -0.4 is 0 Å². The fourth-order valence-corrected chi connectivity index (χ4v) is 5.09. The maximum absolute atomic E-state index is 12.4. The summed E-state index contributed by atoms with van der Waals surface area (Å²) in [5.41, 5.74) is 1.63. The van der Waals surface area contributed by atoms with Gasteiger partial charge in [0.2, 0.25) is 0 Å². The summed E-state index contributed by atoms with van der Waals surface area (Å²) in [7, 11) is 1.84. The number of carbonyl (C=O) groups is 1. The molecule has 1 fully saturated rings. The van der Waals surface area contributed by atoms with Crippen molar-refractivity contribution in [1.82, 2.24) is 9.78 Å². The molecule has 2 unspecified atom stereocenters. The lowest BCUT2D eigenvalue weighted by Crippen LogP contribution is -2.32. The molecular weight excluding hydrogens is 288 g/mol. The summed E-state index contributed by atoms with van der Waals surface area (Å²) >= 11 is 9.84. The number of thioether (sulfide) groups is 2. The molecule has 1 aromatic rings. The number of aromatic nitrogens is 2. The Labute approximate surface area is 121 Å². The van der Waals surface area contributed by atoms with Crippen molar-refractivity contribution in [3.63, 3.8) is 0 Å². The summed E-state index contributed by atoms with van der Waals surface area (Å²) in [6, 6.07) is 0. The van der Waals surface area contributed by atoms with E-state index in [1.807, 2.05) is 25.7 Å². The van der Waals surface area contributed by atoms with Crippen molar-refractivity contribution in [2.45, 2.75) is 30.8 Å². The summed E-state index contributed by atoms with van der Waals surface area (Å²) < 4.78 is 1.72. The average Bonchev–Trinajstić information content (AvgIpc) is 2.56. The highest BCUT2D eigenvalue weighted by Crippen LogP contribution is 2.32. The molecule has 3 nitrogen and oxygen atoms in total. The molecule has 1 aliphatic heterocycles. The van der Waals surface area contributed by atoms with Crippen molar-refractivity contribution >= 4 is 40.9 Å². The highest BCUT2D eigenvalue weighted by atomic mass is 35.5. The minimum Gasteiger partial charge on any atom is -0.298 e. The molecule has 1 saturated heterocycles. The van der Waals surface area contributed by atoms with Crippen molar-refractivity contribution in [2.75, 3.05) is 11.5 Å². The van der Waals surface area contributed by atoms with Crippen LogP contribution in [-0.2, 0) is 18.3 Å². The number of hydrogen-bond donors (Lipinski definition) is 0. The molecule has 1 aliphatic rings. The van der Waals surface area contributed by atoms with Crippen LogP contribution in [0.4, 0.5) is 0 Å². The van der Waals surface area contributed by atoms with E-state index in [-0.39, 0.29) is 11.0 Å². The standard InChI is InChI=1S/C12H17ClN2OS2/c1-7-11(13)9(15(3)14-7)6-10(16)12-8(2)17-4-5-18-12/h8,12H,4-6H2,1-3H3.